The van der Waals surface area contributed by atoms with Gasteiger partial charge in [0.25, 0.3) is 0 Å². The number of benzene rings is 1. The van der Waals surface area contributed by atoms with Crippen LogP contribution in [0.4, 0.5) is 0 Å². The van der Waals surface area contributed by atoms with Crippen LogP contribution < -0.4 is 14.8 Å². The summed E-state index contributed by atoms with van der Waals surface area (Å²) in [6.45, 7) is 2.28. The number of ether oxygens (including phenoxy) is 2. The fourth-order valence-corrected chi connectivity index (χ4v) is 1.97. The minimum atomic E-state index is -0.132. The highest BCUT2D eigenvalue weighted by atomic mass is 16.7. The predicted molar refractivity (Wildman–Crippen MR) is 74.0 cm³/mol. The lowest BCUT2D eigenvalue weighted by Gasteiger charge is -2.05. The Morgan fingerprint density at radius 1 is 1.20 bits per heavy atom. The normalized spacial score (nSPS) is 12.2. The lowest BCUT2D eigenvalue weighted by atomic mass is 10.1. The number of ketones is 1. The first kappa shape index (κ1) is 14.4. The maximum absolute atomic E-state index is 12.0. The van der Waals surface area contributed by atoms with Crippen LogP contribution in [0.1, 0.15) is 43.0 Å². The zero-order valence-corrected chi connectivity index (χ0v) is 11.6. The van der Waals surface area contributed by atoms with Crippen molar-refractivity contribution in [3.8, 4) is 11.5 Å². The molecular weight excluding hydrogens is 258 g/mol. The first-order valence-electron chi connectivity index (χ1n) is 6.90. The van der Waals surface area contributed by atoms with Crippen LogP contribution >= 0.6 is 0 Å². The van der Waals surface area contributed by atoms with Crippen molar-refractivity contribution < 1.29 is 19.1 Å². The molecule has 5 heteroatoms. The molecule has 108 valence electrons. The molecule has 0 saturated heterocycles. The molecule has 1 amide bonds. The molecule has 0 aliphatic carbocycles. The van der Waals surface area contributed by atoms with Crippen molar-refractivity contribution in [2.75, 3.05) is 13.3 Å². The average molecular weight is 277 g/mol. The Morgan fingerprint density at radius 2 is 2.00 bits per heavy atom. The molecule has 5 nitrogen and oxygen atoms in total. The predicted octanol–water partition coefficient (Wildman–Crippen LogP) is 2.29. The van der Waals surface area contributed by atoms with Crippen LogP contribution in [0.3, 0.4) is 0 Å². The maximum Gasteiger partial charge on any atom is 0.231 e. The van der Waals surface area contributed by atoms with Gasteiger partial charge in [0, 0.05) is 12.0 Å². The molecule has 1 aromatic carbocycles. The van der Waals surface area contributed by atoms with Crippen molar-refractivity contribution in [2.24, 2.45) is 0 Å². The van der Waals surface area contributed by atoms with Crippen molar-refractivity contribution in [3.63, 3.8) is 0 Å². The van der Waals surface area contributed by atoms with Gasteiger partial charge in [-0.05, 0) is 24.6 Å². The van der Waals surface area contributed by atoms with E-state index in [2.05, 4.69) is 12.2 Å². The second kappa shape index (κ2) is 6.93. The molecular formula is C15H19NO4. The summed E-state index contributed by atoms with van der Waals surface area (Å²) < 4.78 is 10.4. The SMILES string of the molecule is CCCCCC(=O)NCC(=O)c1ccc2c(c1)OCO2. The molecule has 1 aliphatic rings. The Bertz CT molecular complexity index is 499. The molecule has 0 atom stereocenters. The van der Waals surface area contributed by atoms with Gasteiger partial charge in [0.15, 0.2) is 17.3 Å². The van der Waals surface area contributed by atoms with Gasteiger partial charge in [0.2, 0.25) is 12.7 Å². The highest BCUT2D eigenvalue weighted by molar-refractivity contribution is 5.99. The number of carbonyl (C=O) groups is 2. The van der Waals surface area contributed by atoms with Gasteiger partial charge in [0.05, 0.1) is 6.54 Å². The standard InChI is InChI=1S/C15H19NO4/c1-2-3-4-5-15(18)16-9-12(17)11-6-7-13-14(8-11)20-10-19-13/h6-8H,2-5,9-10H2,1H3,(H,16,18). The number of fused-ring (bicyclic) bond motifs is 1. The monoisotopic (exact) mass is 277 g/mol. The average Bonchev–Trinajstić information content (AvgIpc) is 2.92. The molecule has 1 heterocycles. The molecule has 0 unspecified atom stereocenters. The van der Waals surface area contributed by atoms with E-state index in [4.69, 9.17) is 9.47 Å². The summed E-state index contributed by atoms with van der Waals surface area (Å²) in [7, 11) is 0. The Morgan fingerprint density at radius 3 is 2.80 bits per heavy atom. The lowest BCUT2D eigenvalue weighted by molar-refractivity contribution is -0.121. The maximum atomic E-state index is 12.0. The van der Waals surface area contributed by atoms with Crippen LogP contribution in [0, 0.1) is 0 Å². The van der Waals surface area contributed by atoms with Crippen LogP contribution in [0.25, 0.3) is 0 Å². The largest absolute Gasteiger partial charge is 0.454 e. The summed E-state index contributed by atoms with van der Waals surface area (Å²) in [5.41, 5.74) is 0.517. The summed E-state index contributed by atoms with van der Waals surface area (Å²) in [6.07, 6.45) is 3.44. The van der Waals surface area contributed by atoms with Crippen molar-refractivity contribution in [3.05, 3.63) is 23.8 Å². The molecule has 0 fully saturated rings. The van der Waals surface area contributed by atoms with Crippen LogP contribution in [0.5, 0.6) is 11.5 Å². The van der Waals surface area contributed by atoms with Gasteiger partial charge in [-0.1, -0.05) is 19.8 Å². The van der Waals surface area contributed by atoms with Gasteiger partial charge >= 0.3 is 0 Å². The molecule has 1 aliphatic heterocycles. The van der Waals surface area contributed by atoms with Crippen molar-refractivity contribution in [2.45, 2.75) is 32.6 Å². The second-order valence-corrected chi connectivity index (χ2v) is 4.73. The molecule has 0 spiro atoms. The fourth-order valence-electron chi connectivity index (χ4n) is 1.97. The molecule has 0 bridgehead atoms. The van der Waals surface area contributed by atoms with Gasteiger partial charge in [-0.15, -0.1) is 0 Å². The number of hydrogen-bond acceptors (Lipinski definition) is 4. The zero-order valence-electron chi connectivity index (χ0n) is 11.6. The minimum Gasteiger partial charge on any atom is -0.454 e. The summed E-state index contributed by atoms with van der Waals surface area (Å²) >= 11 is 0. The fraction of sp³-hybridized carbons (Fsp3) is 0.467. The van der Waals surface area contributed by atoms with Crippen LogP contribution in [0.2, 0.25) is 0 Å². The van der Waals surface area contributed by atoms with Crippen molar-refractivity contribution in [1.82, 2.24) is 5.32 Å². The number of hydrogen-bond donors (Lipinski definition) is 1. The number of carbonyl (C=O) groups excluding carboxylic acids is 2. The van der Waals surface area contributed by atoms with E-state index in [1.54, 1.807) is 18.2 Å². The number of nitrogens with one attached hydrogen (secondary N) is 1. The van der Waals surface area contributed by atoms with Gasteiger partial charge in [-0.25, -0.2) is 0 Å². The van der Waals surface area contributed by atoms with Crippen LogP contribution in [0.15, 0.2) is 18.2 Å². The van der Waals surface area contributed by atoms with Crippen LogP contribution in [-0.4, -0.2) is 25.0 Å². The number of Topliss-reactive ketones (excluding diaryl/α,β-unsaturated/α-hetero) is 1. The lowest BCUT2D eigenvalue weighted by Crippen LogP contribution is -2.29. The Kier molecular flexibility index (Phi) is 4.98. The smallest absolute Gasteiger partial charge is 0.231 e. The van der Waals surface area contributed by atoms with Gasteiger partial charge in [-0.3, -0.25) is 9.59 Å². The molecule has 20 heavy (non-hydrogen) atoms. The number of amides is 1. The summed E-state index contributed by atoms with van der Waals surface area (Å²) in [5, 5.41) is 2.65. The first-order chi connectivity index (χ1) is 9.70. The van der Waals surface area contributed by atoms with E-state index in [9.17, 15) is 9.59 Å². The van der Waals surface area contributed by atoms with Crippen molar-refractivity contribution >= 4 is 11.7 Å². The van der Waals surface area contributed by atoms with E-state index < -0.39 is 0 Å². The van der Waals surface area contributed by atoms with E-state index in [-0.39, 0.29) is 25.0 Å². The summed E-state index contributed by atoms with van der Waals surface area (Å²) in [6, 6.07) is 5.03. The Hall–Kier alpha value is -2.04. The molecule has 0 radical (unpaired) electrons. The third-order valence-corrected chi connectivity index (χ3v) is 3.15. The number of rotatable bonds is 7. The molecule has 1 aromatic rings. The van der Waals surface area contributed by atoms with E-state index in [0.717, 1.165) is 19.3 Å². The van der Waals surface area contributed by atoms with Crippen LogP contribution in [-0.2, 0) is 4.79 Å². The third kappa shape index (κ3) is 3.73. The Labute approximate surface area is 118 Å². The minimum absolute atomic E-state index is 0.0185. The third-order valence-electron chi connectivity index (χ3n) is 3.15. The summed E-state index contributed by atoms with van der Waals surface area (Å²) in [4.78, 5) is 23.5. The van der Waals surface area contributed by atoms with E-state index in [0.29, 0.717) is 23.5 Å². The van der Waals surface area contributed by atoms with Gasteiger partial charge in [-0.2, -0.15) is 0 Å². The van der Waals surface area contributed by atoms with Gasteiger partial charge < -0.3 is 14.8 Å². The topological polar surface area (TPSA) is 64.6 Å². The quantitative estimate of drug-likeness (QED) is 0.613. The first-order valence-corrected chi connectivity index (χ1v) is 6.90. The molecule has 0 aromatic heterocycles. The second-order valence-electron chi connectivity index (χ2n) is 4.73. The van der Waals surface area contributed by atoms with E-state index >= 15 is 0 Å². The molecule has 2 rings (SSSR count). The molecule has 1 N–H and O–H groups in total. The van der Waals surface area contributed by atoms with Gasteiger partial charge in [0.1, 0.15) is 0 Å². The zero-order chi connectivity index (χ0) is 14.4. The van der Waals surface area contributed by atoms with Crippen molar-refractivity contribution in [1.29, 1.82) is 0 Å². The highest BCUT2D eigenvalue weighted by Crippen LogP contribution is 2.32. The highest BCUT2D eigenvalue weighted by Gasteiger charge is 2.16. The van der Waals surface area contributed by atoms with E-state index in [1.165, 1.54) is 0 Å². The van der Waals surface area contributed by atoms with E-state index in [1.807, 2.05) is 0 Å². The Balaban J connectivity index is 1.81. The molecule has 0 saturated carbocycles. The summed E-state index contributed by atoms with van der Waals surface area (Å²) in [5.74, 6) is 1.01. The number of unbranched alkanes of at least 4 members (excludes halogenated alkanes) is 2.